The van der Waals surface area contributed by atoms with Crippen molar-refractivity contribution < 1.29 is 4.52 Å². The van der Waals surface area contributed by atoms with Crippen LogP contribution in [-0.4, -0.2) is 20.7 Å². The fourth-order valence-electron chi connectivity index (χ4n) is 3.31. The van der Waals surface area contributed by atoms with Crippen molar-refractivity contribution in [2.45, 2.75) is 24.8 Å². The van der Waals surface area contributed by atoms with Crippen LogP contribution in [0, 0.1) is 11.8 Å². The van der Waals surface area contributed by atoms with Crippen molar-refractivity contribution in [3.05, 3.63) is 34.6 Å². The summed E-state index contributed by atoms with van der Waals surface area (Å²) in [6.45, 7) is 0. The minimum Gasteiger partial charge on any atom is -0.339 e. The molecule has 0 saturated heterocycles. The number of aryl methyl sites for hydroxylation is 1. The molecule has 6 heteroatoms. The Kier molecular flexibility index (Phi) is 2.38. The molecule has 2 fully saturated rings. The number of fused-ring (bicyclic) bond motifs is 1. The Labute approximate surface area is 115 Å². The lowest BCUT2D eigenvalue weighted by Gasteiger charge is -2.07. The lowest BCUT2D eigenvalue weighted by atomic mass is 10.0. The van der Waals surface area contributed by atoms with Crippen LogP contribution in [0.1, 0.15) is 24.7 Å². The van der Waals surface area contributed by atoms with Crippen molar-refractivity contribution in [2.24, 2.45) is 24.6 Å². The second-order valence-corrected chi connectivity index (χ2v) is 5.89. The van der Waals surface area contributed by atoms with Gasteiger partial charge in [-0.15, -0.1) is 0 Å². The van der Waals surface area contributed by atoms with Crippen LogP contribution in [0.3, 0.4) is 0 Å². The van der Waals surface area contributed by atoms with E-state index < -0.39 is 0 Å². The molecule has 0 aromatic carbocycles. The maximum atomic E-state index is 11.6. The zero-order valence-corrected chi connectivity index (χ0v) is 11.2. The highest BCUT2D eigenvalue weighted by atomic mass is 16.5. The Morgan fingerprint density at radius 2 is 2.25 bits per heavy atom. The van der Waals surface area contributed by atoms with Gasteiger partial charge in [-0.1, -0.05) is 5.16 Å². The second-order valence-electron chi connectivity index (χ2n) is 5.89. The van der Waals surface area contributed by atoms with Gasteiger partial charge in [-0.05, 0) is 30.7 Å². The Bertz CT molecular complexity index is 720. The molecule has 2 heterocycles. The van der Waals surface area contributed by atoms with Gasteiger partial charge >= 0.3 is 0 Å². The smallest absolute Gasteiger partial charge is 0.250 e. The van der Waals surface area contributed by atoms with Crippen LogP contribution in [0.5, 0.6) is 0 Å². The van der Waals surface area contributed by atoms with Crippen LogP contribution in [-0.2, 0) is 7.05 Å². The third-order valence-electron chi connectivity index (χ3n) is 4.61. The molecule has 20 heavy (non-hydrogen) atoms. The van der Waals surface area contributed by atoms with Gasteiger partial charge in [-0.2, -0.15) is 4.98 Å². The SMILES string of the molecule is Cn1ccc(-c2noc([C@@H]3C[C@H](N)[C@H]4C[C@H]43)n2)cc1=O. The minimum atomic E-state index is -0.0843. The van der Waals surface area contributed by atoms with E-state index in [4.69, 9.17) is 10.3 Å². The highest BCUT2D eigenvalue weighted by Gasteiger charge is 2.55. The van der Waals surface area contributed by atoms with Gasteiger partial charge in [-0.25, -0.2) is 0 Å². The summed E-state index contributed by atoms with van der Waals surface area (Å²) in [6.07, 6.45) is 3.80. The molecule has 4 rings (SSSR count). The summed E-state index contributed by atoms with van der Waals surface area (Å²) >= 11 is 0. The third kappa shape index (κ3) is 1.71. The molecule has 2 saturated carbocycles. The van der Waals surface area contributed by atoms with Gasteiger partial charge in [0.1, 0.15) is 0 Å². The molecule has 2 N–H and O–H groups in total. The van der Waals surface area contributed by atoms with E-state index in [1.807, 2.05) is 6.07 Å². The third-order valence-corrected chi connectivity index (χ3v) is 4.61. The normalized spacial score (nSPS) is 31.3. The summed E-state index contributed by atoms with van der Waals surface area (Å²) in [7, 11) is 1.71. The molecule has 0 spiro atoms. The molecule has 6 nitrogen and oxygen atoms in total. The van der Waals surface area contributed by atoms with Gasteiger partial charge < -0.3 is 14.8 Å². The lowest BCUT2D eigenvalue weighted by Crippen LogP contribution is -2.19. The van der Waals surface area contributed by atoms with E-state index in [1.165, 1.54) is 17.1 Å². The molecule has 0 unspecified atom stereocenters. The number of hydrogen-bond acceptors (Lipinski definition) is 5. The van der Waals surface area contributed by atoms with Crippen molar-refractivity contribution in [1.82, 2.24) is 14.7 Å². The summed E-state index contributed by atoms with van der Waals surface area (Å²) in [5, 5.41) is 4.00. The summed E-state index contributed by atoms with van der Waals surface area (Å²) in [6, 6.07) is 3.61. The fourth-order valence-corrected chi connectivity index (χ4v) is 3.31. The first kappa shape index (κ1) is 11.8. The number of pyridine rings is 1. The number of aromatic nitrogens is 3. The van der Waals surface area contributed by atoms with Crippen LogP contribution in [0.15, 0.2) is 27.6 Å². The molecule has 2 aromatic heterocycles. The van der Waals surface area contributed by atoms with E-state index in [9.17, 15) is 4.79 Å². The van der Waals surface area contributed by atoms with E-state index in [1.54, 1.807) is 13.2 Å². The molecule has 0 radical (unpaired) electrons. The zero-order valence-electron chi connectivity index (χ0n) is 11.2. The van der Waals surface area contributed by atoms with Gasteiger partial charge in [0, 0.05) is 36.8 Å². The highest BCUT2D eigenvalue weighted by molar-refractivity contribution is 5.52. The number of nitrogens with zero attached hydrogens (tertiary/aromatic N) is 3. The van der Waals surface area contributed by atoms with Crippen LogP contribution < -0.4 is 11.3 Å². The summed E-state index contributed by atoms with van der Waals surface area (Å²) in [5.74, 6) is 2.70. The summed E-state index contributed by atoms with van der Waals surface area (Å²) in [5.41, 5.74) is 6.68. The largest absolute Gasteiger partial charge is 0.339 e. The number of hydrogen-bond donors (Lipinski definition) is 1. The van der Waals surface area contributed by atoms with Crippen molar-refractivity contribution in [2.75, 3.05) is 0 Å². The standard InChI is InChI=1S/C14H16N4O2/c1-18-3-2-7(4-12(18)19)13-16-14(20-17-13)10-6-11(15)9-5-8(9)10/h2-4,8-11H,5-6,15H2,1H3/t8-,9+,10-,11+/m1/s1. The summed E-state index contributed by atoms with van der Waals surface area (Å²) in [4.78, 5) is 16.1. The van der Waals surface area contributed by atoms with Crippen molar-refractivity contribution in [3.8, 4) is 11.4 Å². The molecule has 2 aromatic rings. The molecular weight excluding hydrogens is 256 g/mol. The Morgan fingerprint density at radius 3 is 2.90 bits per heavy atom. The zero-order chi connectivity index (χ0) is 13.9. The first-order valence-electron chi connectivity index (χ1n) is 6.90. The molecule has 104 valence electrons. The maximum Gasteiger partial charge on any atom is 0.250 e. The lowest BCUT2D eigenvalue weighted by molar-refractivity contribution is 0.341. The van der Waals surface area contributed by atoms with Gasteiger partial charge in [0.05, 0.1) is 0 Å². The molecular formula is C14H16N4O2. The Morgan fingerprint density at radius 1 is 1.40 bits per heavy atom. The quantitative estimate of drug-likeness (QED) is 0.877. The molecule has 0 bridgehead atoms. The van der Waals surface area contributed by atoms with Crippen molar-refractivity contribution >= 4 is 0 Å². The Balaban J connectivity index is 1.65. The van der Waals surface area contributed by atoms with Crippen LogP contribution in [0.2, 0.25) is 0 Å². The van der Waals surface area contributed by atoms with Crippen molar-refractivity contribution in [3.63, 3.8) is 0 Å². The van der Waals surface area contributed by atoms with Gasteiger partial charge in [0.2, 0.25) is 11.7 Å². The highest BCUT2D eigenvalue weighted by Crippen LogP contribution is 2.58. The predicted octanol–water partition coefficient (Wildman–Crippen LogP) is 0.886. The van der Waals surface area contributed by atoms with E-state index in [0.717, 1.165) is 6.42 Å². The monoisotopic (exact) mass is 272 g/mol. The van der Waals surface area contributed by atoms with Crippen LogP contribution >= 0.6 is 0 Å². The molecule has 2 aliphatic carbocycles. The van der Waals surface area contributed by atoms with Gasteiger partial charge in [-0.3, -0.25) is 4.79 Å². The van der Waals surface area contributed by atoms with E-state index >= 15 is 0 Å². The van der Waals surface area contributed by atoms with Gasteiger partial charge in [0.25, 0.3) is 5.56 Å². The van der Waals surface area contributed by atoms with Crippen LogP contribution in [0.4, 0.5) is 0 Å². The molecule has 4 atom stereocenters. The summed E-state index contributed by atoms with van der Waals surface area (Å²) < 4.78 is 6.90. The number of nitrogens with two attached hydrogens (primary N) is 1. The average Bonchev–Trinajstić information content (AvgIpc) is 2.95. The second kappa shape index (κ2) is 4.02. The maximum absolute atomic E-state index is 11.6. The van der Waals surface area contributed by atoms with Crippen molar-refractivity contribution in [1.29, 1.82) is 0 Å². The molecule has 2 aliphatic rings. The van der Waals surface area contributed by atoms with E-state index in [2.05, 4.69) is 10.1 Å². The van der Waals surface area contributed by atoms with Crippen LogP contribution in [0.25, 0.3) is 11.4 Å². The first-order chi connectivity index (χ1) is 9.63. The van der Waals surface area contributed by atoms with E-state index in [0.29, 0.717) is 35.0 Å². The molecule has 0 amide bonds. The first-order valence-corrected chi connectivity index (χ1v) is 6.90. The average molecular weight is 272 g/mol. The molecule has 0 aliphatic heterocycles. The van der Waals surface area contributed by atoms with Gasteiger partial charge in [0.15, 0.2) is 0 Å². The number of rotatable bonds is 2. The Hall–Kier alpha value is -1.95. The van der Waals surface area contributed by atoms with E-state index in [-0.39, 0.29) is 11.6 Å². The topological polar surface area (TPSA) is 86.9 Å². The fraction of sp³-hybridized carbons (Fsp3) is 0.500. The predicted molar refractivity (Wildman–Crippen MR) is 71.9 cm³/mol. The minimum absolute atomic E-state index is 0.0843.